The van der Waals surface area contributed by atoms with Gasteiger partial charge in [0.05, 0.1) is 23.1 Å². The summed E-state index contributed by atoms with van der Waals surface area (Å²) in [6.07, 6.45) is 10.5. The average Bonchev–Trinajstić information content (AvgIpc) is 3.53. The summed E-state index contributed by atoms with van der Waals surface area (Å²) >= 11 is 6.38. The number of ether oxygens (including phenoxy) is 1. The molecule has 2 N–H and O–H groups in total. The Labute approximate surface area is 301 Å². The maximum absolute atomic E-state index is 13.5. The van der Waals surface area contributed by atoms with E-state index in [9.17, 15) is 18.3 Å². The lowest BCUT2D eigenvalue weighted by Crippen LogP contribution is -2.56. The van der Waals surface area contributed by atoms with Crippen LogP contribution < -0.4 is 14.4 Å². The van der Waals surface area contributed by atoms with Gasteiger partial charge in [0.25, 0.3) is 5.91 Å². The van der Waals surface area contributed by atoms with Gasteiger partial charge in [0.2, 0.25) is 10.0 Å². The van der Waals surface area contributed by atoms with Crippen molar-refractivity contribution in [2.45, 2.75) is 95.8 Å². The van der Waals surface area contributed by atoms with Gasteiger partial charge < -0.3 is 19.3 Å². The lowest BCUT2D eigenvalue weighted by Gasteiger charge is -2.51. The third-order valence-electron chi connectivity index (χ3n) is 11.9. The molecule has 0 spiro atoms. The van der Waals surface area contributed by atoms with Crippen molar-refractivity contribution < 1.29 is 23.1 Å². The van der Waals surface area contributed by atoms with Gasteiger partial charge in [0.1, 0.15) is 18.2 Å². The average molecular weight is 724 g/mol. The van der Waals surface area contributed by atoms with Gasteiger partial charge in [-0.15, -0.1) is 0 Å². The number of halogens is 1. The summed E-state index contributed by atoms with van der Waals surface area (Å²) in [6, 6.07) is 11.2. The van der Waals surface area contributed by atoms with Crippen molar-refractivity contribution in [3.05, 3.63) is 76.3 Å². The van der Waals surface area contributed by atoms with Crippen molar-refractivity contribution in [2.75, 3.05) is 31.1 Å². The molecule has 1 amide bonds. The van der Waals surface area contributed by atoms with E-state index in [4.69, 9.17) is 16.3 Å². The summed E-state index contributed by atoms with van der Waals surface area (Å²) in [6.45, 7) is 8.35. The fourth-order valence-electron chi connectivity index (χ4n) is 8.54. The first-order valence-electron chi connectivity index (χ1n) is 18.3. The molecule has 4 aliphatic rings. The molecule has 12 heteroatoms. The second-order valence-electron chi connectivity index (χ2n) is 15.1. The molecule has 10 nitrogen and oxygen atoms in total. The minimum Gasteiger partial charge on any atom is -0.487 e. The van der Waals surface area contributed by atoms with E-state index >= 15 is 0 Å². The zero-order valence-electron chi connectivity index (χ0n) is 29.2. The summed E-state index contributed by atoms with van der Waals surface area (Å²) in [5.74, 6) is 1.17. The molecule has 5 atom stereocenters. The van der Waals surface area contributed by atoms with Crippen LogP contribution >= 0.6 is 11.6 Å². The number of anilines is 1. The lowest BCUT2D eigenvalue weighted by atomic mass is 9.62. The Balaban J connectivity index is 1.24. The molecular weight excluding hydrogens is 674 g/mol. The summed E-state index contributed by atoms with van der Waals surface area (Å²) in [7, 11) is -3.95. The number of carbonyl (C=O) groups excluding carboxylic acids is 1. The highest BCUT2D eigenvalue weighted by Crippen LogP contribution is 2.47. The Morgan fingerprint density at radius 3 is 2.72 bits per heavy atom. The SMILES string of the molecule is C[C@@H]1[C@@H](C)CCC[C@@](O)(CN2CCn3ccnc3C2)[C@@H]2CC[C@H]2CN2CCCCc3cc(Cl)ccc3COc3ccc(cc32)C(=O)NS1(=O)=O. The van der Waals surface area contributed by atoms with Crippen LogP contribution in [0.4, 0.5) is 5.69 Å². The number of amides is 1. The van der Waals surface area contributed by atoms with Crippen LogP contribution in [-0.4, -0.2) is 70.9 Å². The monoisotopic (exact) mass is 723 g/mol. The van der Waals surface area contributed by atoms with Crippen LogP contribution in [-0.2, 0) is 36.1 Å². The molecule has 4 heterocycles. The van der Waals surface area contributed by atoms with E-state index in [-0.39, 0.29) is 23.3 Å². The molecule has 1 fully saturated rings. The van der Waals surface area contributed by atoms with Gasteiger partial charge in [-0.1, -0.05) is 31.0 Å². The minimum atomic E-state index is -3.95. The Morgan fingerprint density at radius 1 is 1.04 bits per heavy atom. The van der Waals surface area contributed by atoms with Crippen molar-refractivity contribution >= 4 is 33.2 Å². The summed E-state index contributed by atoms with van der Waals surface area (Å²) < 4.78 is 38.1. The van der Waals surface area contributed by atoms with E-state index in [0.717, 1.165) is 68.8 Å². The van der Waals surface area contributed by atoms with Crippen molar-refractivity contribution in [3.8, 4) is 5.75 Å². The topological polar surface area (TPSA) is 117 Å². The van der Waals surface area contributed by atoms with Crippen molar-refractivity contribution in [2.24, 2.45) is 17.8 Å². The Bertz CT molecular complexity index is 1820. The highest BCUT2D eigenvalue weighted by Gasteiger charge is 2.48. The maximum Gasteiger partial charge on any atom is 0.264 e. The number of aryl methyl sites for hydroxylation is 1. The quantitative estimate of drug-likeness (QED) is 0.341. The number of fused-ring (bicyclic) bond motifs is 4. The minimum absolute atomic E-state index is 0.0916. The Morgan fingerprint density at radius 2 is 1.90 bits per heavy atom. The van der Waals surface area contributed by atoms with E-state index in [0.29, 0.717) is 56.3 Å². The fraction of sp³-hybridized carbons (Fsp3) is 0.579. The molecule has 3 aliphatic heterocycles. The molecule has 0 radical (unpaired) electrons. The molecule has 7 rings (SSSR count). The first-order chi connectivity index (χ1) is 24.0. The zero-order valence-corrected chi connectivity index (χ0v) is 30.8. The van der Waals surface area contributed by atoms with Crippen molar-refractivity contribution in [1.82, 2.24) is 19.2 Å². The first-order valence-corrected chi connectivity index (χ1v) is 20.2. The van der Waals surface area contributed by atoms with Gasteiger partial charge in [0, 0.05) is 55.7 Å². The van der Waals surface area contributed by atoms with Crippen LogP contribution in [0.15, 0.2) is 48.8 Å². The predicted molar refractivity (Wildman–Crippen MR) is 195 cm³/mol. The molecule has 1 aromatic heterocycles. The summed E-state index contributed by atoms with van der Waals surface area (Å²) in [5, 5.41) is 12.6. The maximum atomic E-state index is 13.5. The standard InChI is InChI=1S/C38H50ClN5O5S/c1-26-6-5-14-38(46,25-42-18-19-43-17-15-40-36(43)23-42)33-12-9-30(33)22-44-16-4-3-7-28-20-32(39)11-8-31(28)24-49-35-13-10-29(21-34(35)44)37(45)41-50(47,48)27(26)2/h8,10-11,13,15,17,20-21,26-27,30,33,46H,3-7,9,12,14,16,18-19,22-25H2,1-2H3,(H,41,45)/t26-,27+,30-,33+,38+/m0/s1. The molecule has 3 aromatic rings. The lowest BCUT2D eigenvalue weighted by molar-refractivity contribution is -0.108. The van der Waals surface area contributed by atoms with Gasteiger partial charge in [-0.3, -0.25) is 9.69 Å². The van der Waals surface area contributed by atoms with E-state index < -0.39 is 26.8 Å². The molecule has 50 heavy (non-hydrogen) atoms. The van der Waals surface area contributed by atoms with Crippen LogP contribution in [0.2, 0.25) is 5.02 Å². The van der Waals surface area contributed by atoms with E-state index in [1.165, 1.54) is 5.56 Å². The molecule has 1 aliphatic carbocycles. The van der Waals surface area contributed by atoms with Gasteiger partial charge in [0.15, 0.2) is 0 Å². The Kier molecular flexibility index (Phi) is 10.2. The smallest absolute Gasteiger partial charge is 0.264 e. The van der Waals surface area contributed by atoms with Crippen LogP contribution in [0, 0.1) is 17.8 Å². The van der Waals surface area contributed by atoms with Gasteiger partial charge in [-0.2, -0.15) is 0 Å². The number of hydrogen-bond donors (Lipinski definition) is 2. The highest BCUT2D eigenvalue weighted by molar-refractivity contribution is 7.90. The van der Waals surface area contributed by atoms with Crippen LogP contribution in [0.1, 0.15) is 86.1 Å². The van der Waals surface area contributed by atoms with E-state index in [2.05, 4.69) is 24.1 Å². The second-order valence-corrected chi connectivity index (χ2v) is 17.6. The summed E-state index contributed by atoms with van der Waals surface area (Å²) in [4.78, 5) is 22.8. The Hall–Kier alpha value is -3.12. The predicted octanol–water partition coefficient (Wildman–Crippen LogP) is 5.80. The number of β-amino-alcohol motifs (C(OH)–C–C–N with tert-alkyl or cyclic N) is 1. The number of nitrogens with one attached hydrogen (secondary N) is 1. The molecule has 2 bridgehead atoms. The van der Waals surface area contributed by atoms with Crippen LogP contribution in [0.3, 0.4) is 0 Å². The third kappa shape index (κ3) is 7.43. The first kappa shape index (κ1) is 35.3. The van der Waals surface area contributed by atoms with Gasteiger partial charge in [-0.25, -0.2) is 18.1 Å². The molecule has 0 saturated heterocycles. The molecule has 270 valence electrons. The number of imidazole rings is 1. The van der Waals surface area contributed by atoms with Gasteiger partial charge >= 0.3 is 0 Å². The van der Waals surface area contributed by atoms with Crippen molar-refractivity contribution in [1.29, 1.82) is 0 Å². The molecular formula is C38H50ClN5O5S. The van der Waals surface area contributed by atoms with Crippen LogP contribution in [0.5, 0.6) is 5.75 Å². The number of carbonyl (C=O) groups is 1. The third-order valence-corrected chi connectivity index (χ3v) is 14.1. The zero-order chi connectivity index (χ0) is 35.0. The molecule has 2 aromatic carbocycles. The number of rotatable bonds is 2. The number of hydrogen-bond acceptors (Lipinski definition) is 8. The molecule has 1 saturated carbocycles. The number of sulfonamides is 1. The normalized spacial score (nSPS) is 29.2. The number of nitrogens with zero attached hydrogens (tertiary/aromatic N) is 4. The summed E-state index contributed by atoms with van der Waals surface area (Å²) in [5.41, 5.74) is 2.37. The largest absolute Gasteiger partial charge is 0.487 e. The number of aromatic nitrogens is 2. The van der Waals surface area contributed by atoms with E-state index in [1.807, 2.05) is 37.5 Å². The van der Waals surface area contributed by atoms with Crippen molar-refractivity contribution in [3.63, 3.8) is 0 Å². The van der Waals surface area contributed by atoms with Gasteiger partial charge in [-0.05, 0) is 111 Å². The second kappa shape index (κ2) is 14.5. The van der Waals surface area contributed by atoms with E-state index in [1.54, 1.807) is 25.1 Å². The molecule has 0 unspecified atom stereocenters. The number of aliphatic hydroxyl groups is 1. The fourth-order valence-corrected chi connectivity index (χ4v) is 10.0. The van der Waals surface area contributed by atoms with Crippen LogP contribution in [0.25, 0.3) is 0 Å². The number of benzene rings is 2. The highest BCUT2D eigenvalue weighted by atomic mass is 35.5.